The van der Waals surface area contributed by atoms with E-state index in [1.54, 1.807) is 6.07 Å². The molecule has 0 saturated heterocycles. The molecule has 0 saturated carbocycles. The monoisotopic (exact) mass is 263 g/mol. The summed E-state index contributed by atoms with van der Waals surface area (Å²) in [5, 5.41) is 2.68. The van der Waals surface area contributed by atoms with Crippen LogP contribution in [0.5, 0.6) is 5.75 Å². The van der Waals surface area contributed by atoms with Crippen molar-refractivity contribution in [1.29, 1.82) is 0 Å². The van der Waals surface area contributed by atoms with Crippen LogP contribution in [0.2, 0.25) is 0 Å². The number of hydrogen-bond acceptors (Lipinski definition) is 4. The molecule has 102 valence electrons. The Kier molecular flexibility index (Phi) is 3.22. The molecule has 0 aromatic heterocycles. The molecule has 1 aromatic carbocycles. The molecular formula is C14H17NO4. The summed E-state index contributed by atoms with van der Waals surface area (Å²) in [5.41, 5.74) is 1.46. The SMILES string of the molecule is COC(=O)c1cc(NC(C)=O)cc2c1OC(C)(C)C2. The smallest absolute Gasteiger partial charge is 0.341 e. The molecule has 0 bridgehead atoms. The van der Waals surface area contributed by atoms with Crippen LogP contribution in [0, 0.1) is 0 Å². The van der Waals surface area contributed by atoms with Gasteiger partial charge in [-0.25, -0.2) is 4.79 Å². The molecule has 1 aromatic rings. The second kappa shape index (κ2) is 4.57. The van der Waals surface area contributed by atoms with Gasteiger partial charge in [-0.1, -0.05) is 0 Å². The van der Waals surface area contributed by atoms with Crippen LogP contribution in [-0.4, -0.2) is 24.6 Å². The quantitative estimate of drug-likeness (QED) is 0.830. The molecule has 1 heterocycles. The van der Waals surface area contributed by atoms with Crippen molar-refractivity contribution in [3.63, 3.8) is 0 Å². The predicted molar refractivity (Wildman–Crippen MR) is 70.5 cm³/mol. The number of carbonyl (C=O) groups excluding carboxylic acids is 2. The largest absolute Gasteiger partial charge is 0.486 e. The Balaban J connectivity index is 2.50. The van der Waals surface area contributed by atoms with Crippen molar-refractivity contribution >= 4 is 17.6 Å². The number of esters is 1. The summed E-state index contributed by atoms with van der Waals surface area (Å²) in [5.74, 6) is -0.110. The fourth-order valence-corrected chi connectivity index (χ4v) is 2.25. The molecule has 19 heavy (non-hydrogen) atoms. The Bertz CT molecular complexity index is 549. The second-order valence-electron chi connectivity index (χ2n) is 5.22. The lowest BCUT2D eigenvalue weighted by Gasteiger charge is -2.17. The number of carbonyl (C=O) groups is 2. The van der Waals surface area contributed by atoms with Gasteiger partial charge in [0.25, 0.3) is 0 Å². The maximum atomic E-state index is 11.8. The van der Waals surface area contributed by atoms with Crippen molar-refractivity contribution in [1.82, 2.24) is 0 Å². The zero-order valence-corrected chi connectivity index (χ0v) is 11.5. The summed E-state index contributed by atoms with van der Waals surface area (Å²) in [4.78, 5) is 22.9. The summed E-state index contributed by atoms with van der Waals surface area (Å²) in [6.07, 6.45) is 0.680. The Labute approximate surface area is 111 Å². The van der Waals surface area contributed by atoms with Crippen LogP contribution in [0.15, 0.2) is 12.1 Å². The first kappa shape index (κ1) is 13.4. The highest BCUT2D eigenvalue weighted by Gasteiger charge is 2.34. The van der Waals surface area contributed by atoms with Crippen LogP contribution in [0.4, 0.5) is 5.69 Å². The number of ether oxygens (including phenoxy) is 2. The van der Waals surface area contributed by atoms with E-state index in [1.807, 2.05) is 19.9 Å². The lowest BCUT2D eigenvalue weighted by atomic mass is 9.99. The average molecular weight is 263 g/mol. The molecule has 0 spiro atoms. The molecule has 1 aliphatic heterocycles. The topological polar surface area (TPSA) is 64.6 Å². The summed E-state index contributed by atoms with van der Waals surface area (Å²) in [7, 11) is 1.32. The van der Waals surface area contributed by atoms with Crippen molar-refractivity contribution < 1.29 is 19.1 Å². The maximum absolute atomic E-state index is 11.8. The number of amides is 1. The van der Waals surface area contributed by atoms with Crippen molar-refractivity contribution in [2.45, 2.75) is 32.8 Å². The zero-order valence-electron chi connectivity index (χ0n) is 11.5. The van der Waals surface area contributed by atoms with Gasteiger partial charge >= 0.3 is 5.97 Å². The van der Waals surface area contributed by atoms with Crippen molar-refractivity contribution in [2.75, 3.05) is 12.4 Å². The zero-order chi connectivity index (χ0) is 14.2. The molecule has 0 unspecified atom stereocenters. The number of methoxy groups -OCH3 is 1. The second-order valence-corrected chi connectivity index (χ2v) is 5.22. The minimum Gasteiger partial charge on any atom is -0.486 e. The Hall–Kier alpha value is -2.04. The molecule has 1 aliphatic rings. The van der Waals surface area contributed by atoms with Gasteiger partial charge in [0.1, 0.15) is 16.9 Å². The minimum absolute atomic E-state index is 0.186. The van der Waals surface area contributed by atoms with E-state index < -0.39 is 5.97 Å². The Morgan fingerprint density at radius 1 is 1.37 bits per heavy atom. The van der Waals surface area contributed by atoms with Gasteiger partial charge in [-0.05, 0) is 26.0 Å². The first-order valence-electron chi connectivity index (χ1n) is 6.04. The average Bonchev–Trinajstić information content (AvgIpc) is 2.60. The third-order valence-electron chi connectivity index (χ3n) is 2.89. The molecule has 0 aliphatic carbocycles. The number of hydrogen-bond donors (Lipinski definition) is 1. The minimum atomic E-state index is -0.471. The fraction of sp³-hybridized carbons (Fsp3) is 0.429. The standard InChI is InChI=1S/C14H17NO4/c1-8(16)15-10-5-9-7-14(2,3)19-12(9)11(6-10)13(17)18-4/h5-6H,7H2,1-4H3,(H,15,16). The number of nitrogens with one attached hydrogen (secondary N) is 1. The molecule has 0 fully saturated rings. The molecule has 0 radical (unpaired) electrons. The van der Waals surface area contributed by atoms with Crippen molar-refractivity contribution in [3.8, 4) is 5.75 Å². The molecule has 1 N–H and O–H groups in total. The van der Waals surface area contributed by atoms with Crippen molar-refractivity contribution in [3.05, 3.63) is 23.3 Å². The van der Waals surface area contributed by atoms with Crippen LogP contribution >= 0.6 is 0 Å². The van der Waals surface area contributed by atoms with E-state index in [9.17, 15) is 9.59 Å². The maximum Gasteiger partial charge on any atom is 0.341 e. The molecule has 1 amide bonds. The van der Waals surface area contributed by atoms with Gasteiger partial charge in [0, 0.05) is 24.6 Å². The highest BCUT2D eigenvalue weighted by Crippen LogP contribution is 2.39. The van der Waals surface area contributed by atoms with E-state index in [0.29, 0.717) is 23.4 Å². The first-order chi connectivity index (χ1) is 8.82. The fourth-order valence-electron chi connectivity index (χ4n) is 2.25. The van der Waals surface area contributed by atoms with Crippen LogP contribution in [0.3, 0.4) is 0 Å². The third-order valence-corrected chi connectivity index (χ3v) is 2.89. The Morgan fingerprint density at radius 3 is 2.63 bits per heavy atom. The van der Waals surface area contributed by atoms with E-state index in [2.05, 4.69) is 5.32 Å². The molecular weight excluding hydrogens is 246 g/mol. The van der Waals surface area contributed by atoms with Crippen molar-refractivity contribution in [2.24, 2.45) is 0 Å². The van der Waals surface area contributed by atoms with Gasteiger partial charge in [-0.3, -0.25) is 4.79 Å². The third kappa shape index (κ3) is 2.70. The van der Waals surface area contributed by atoms with Crippen LogP contribution in [0.1, 0.15) is 36.7 Å². The van der Waals surface area contributed by atoms with Gasteiger partial charge in [-0.15, -0.1) is 0 Å². The molecule has 5 nitrogen and oxygen atoms in total. The predicted octanol–water partition coefficient (Wildman–Crippen LogP) is 2.15. The highest BCUT2D eigenvalue weighted by molar-refractivity contribution is 5.97. The normalized spacial score (nSPS) is 15.4. The van der Waals surface area contributed by atoms with Crippen LogP contribution < -0.4 is 10.1 Å². The van der Waals surface area contributed by atoms with E-state index in [0.717, 1.165) is 5.56 Å². The summed E-state index contributed by atoms with van der Waals surface area (Å²) in [6, 6.07) is 3.41. The van der Waals surface area contributed by atoms with E-state index in [1.165, 1.54) is 14.0 Å². The van der Waals surface area contributed by atoms with Crippen LogP contribution in [0.25, 0.3) is 0 Å². The lowest BCUT2D eigenvalue weighted by Crippen LogP contribution is -2.25. The van der Waals surface area contributed by atoms with Gasteiger partial charge in [0.15, 0.2) is 0 Å². The summed E-state index contributed by atoms with van der Waals surface area (Å²) >= 11 is 0. The summed E-state index contributed by atoms with van der Waals surface area (Å²) in [6.45, 7) is 5.32. The summed E-state index contributed by atoms with van der Waals surface area (Å²) < 4.78 is 10.6. The molecule has 5 heteroatoms. The molecule has 0 atom stereocenters. The number of anilines is 1. The number of benzene rings is 1. The lowest BCUT2D eigenvalue weighted by molar-refractivity contribution is -0.114. The van der Waals surface area contributed by atoms with Gasteiger partial charge < -0.3 is 14.8 Å². The Morgan fingerprint density at radius 2 is 2.05 bits per heavy atom. The molecule has 2 rings (SSSR count). The van der Waals surface area contributed by atoms with Gasteiger partial charge in [0.05, 0.1) is 7.11 Å². The number of fused-ring (bicyclic) bond motifs is 1. The van der Waals surface area contributed by atoms with E-state index >= 15 is 0 Å². The van der Waals surface area contributed by atoms with E-state index in [4.69, 9.17) is 9.47 Å². The first-order valence-corrected chi connectivity index (χ1v) is 6.04. The highest BCUT2D eigenvalue weighted by atomic mass is 16.5. The number of rotatable bonds is 2. The van der Waals surface area contributed by atoms with E-state index in [-0.39, 0.29) is 11.5 Å². The van der Waals surface area contributed by atoms with Gasteiger partial charge in [-0.2, -0.15) is 0 Å². The van der Waals surface area contributed by atoms with Gasteiger partial charge in [0.2, 0.25) is 5.91 Å². The van der Waals surface area contributed by atoms with Crippen LogP contribution in [-0.2, 0) is 16.0 Å².